The molecule has 1 heterocycles. The van der Waals surface area contributed by atoms with Crippen LogP contribution in [0.1, 0.15) is 24.5 Å². The Morgan fingerprint density at radius 2 is 1.65 bits per heavy atom. The summed E-state index contributed by atoms with van der Waals surface area (Å²) < 4.78 is 17.4. The molecule has 0 aromatic heterocycles. The molecule has 31 heavy (non-hydrogen) atoms. The van der Waals surface area contributed by atoms with Crippen LogP contribution in [0.5, 0.6) is 0 Å². The van der Waals surface area contributed by atoms with Gasteiger partial charge in [-0.3, -0.25) is 4.90 Å². The first-order chi connectivity index (χ1) is 15.2. The molecule has 164 valence electrons. The third kappa shape index (κ3) is 6.51. The van der Waals surface area contributed by atoms with Crippen LogP contribution in [0.3, 0.4) is 0 Å². The predicted octanol–water partition coefficient (Wildman–Crippen LogP) is 4.14. The Labute approximate surface area is 183 Å². The van der Waals surface area contributed by atoms with E-state index in [0.29, 0.717) is 13.2 Å². The molecule has 2 aromatic carbocycles. The van der Waals surface area contributed by atoms with Gasteiger partial charge < -0.3 is 19.0 Å². The highest BCUT2D eigenvalue weighted by atomic mass is 16.6. The molecule has 1 amide bonds. The molecule has 0 aliphatic carbocycles. The SMILES string of the molecule is CCOC(=O)N1CCC=C[C@H]1[C@H](OCc1ccccc1)[C@H](C=O)OCc1ccccc1. The number of carbonyl (C=O) groups is 2. The molecule has 3 rings (SSSR count). The summed E-state index contributed by atoms with van der Waals surface area (Å²) in [5, 5.41) is 0. The number of ether oxygens (including phenoxy) is 3. The fourth-order valence-electron chi connectivity index (χ4n) is 3.54. The van der Waals surface area contributed by atoms with Crippen molar-refractivity contribution in [2.24, 2.45) is 0 Å². The molecule has 0 spiro atoms. The van der Waals surface area contributed by atoms with E-state index in [-0.39, 0.29) is 13.2 Å². The van der Waals surface area contributed by atoms with Crippen LogP contribution < -0.4 is 0 Å². The van der Waals surface area contributed by atoms with Crippen LogP contribution in [-0.4, -0.2) is 48.7 Å². The average Bonchev–Trinajstić information content (AvgIpc) is 2.82. The molecule has 0 N–H and O–H groups in total. The molecule has 1 aliphatic rings. The molecule has 0 saturated heterocycles. The Kier molecular flexibility index (Phi) is 8.82. The van der Waals surface area contributed by atoms with E-state index in [0.717, 1.165) is 23.8 Å². The Morgan fingerprint density at radius 1 is 1.03 bits per heavy atom. The Hall–Kier alpha value is -2.96. The zero-order chi connectivity index (χ0) is 21.9. The fourth-order valence-corrected chi connectivity index (χ4v) is 3.54. The molecule has 0 saturated carbocycles. The van der Waals surface area contributed by atoms with Crippen molar-refractivity contribution in [3.63, 3.8) is 0 Å². The molecule has 0 fully saturated rings. The lowest BCUT2D eigenvalue weighted by Crippen LogP contribution is -2.53. The molecule has 1 aliphatic heterocycles. The average molecular weight is 424 g/mol. The topological polar surface area (TPSA) is 65.1 Å². The van der Waals surface area contributed by atoms with E-state index in [9.17, 15) is 9.59 Å². The van der Waals surface area contributed by atoms with Gasteiger partial charge >= 0.3 is 6.09 Å². The van der Waals surface area contributed by atoms with Crippen molar-refractivity contribution in [3.8, 4) is 0 Å². The van der Waals surface area contributed by atoms with E-state index >= 15 is 0 Å². The van der Waals surface area contributed by atoms with Crippen LogP contribution >= 0.6 is 0 Å². The lowest BCUT2D eigenvalue weighted by Gasteiger charge is -2.38. The highest BCUT2D eigenvalue weighted by Gasteiger charge is 2.37. The van der Waals surface area contributed by atoms with Gasteiger partial charge in [-0.15, -0.1) is 0 Å². The summed E-state index contributed by atoms with van der Waals surface area (Å²) in [6.07, 6.45) is 3.42. The first kappa shape index (κ1) is 22.7. The Bertz CT molecular complexity index is 840. The molecule has 0 unspecified atom stereocenters. The second-order valence-electron chi connectivity index (χ2n) is 7.26. The first-order valence-electron chi connectivity index (χ1n) is 10.6. The van der Waals surface area contributed by atoms with Gasteiger partial charge in [-0.1, -0.05) is 72.8 Å². The zero-order valence-corrected chi connectivity index (χ0v) is 17.8. The largest absolute Gasteiger partial charge is 0.450 e. The van der Waals surface area contributed by atoms with Crippen molar-refractivity contribution >= 4 is 12.4 Å². The fraction of sp³-hybridized carbons (Fsp3) is 0.360. The smallest absolute Gasteiger partial charge is 0.410 e. The van der Waals surface area contributed by atoms with Crippen molar-refractivity contribution in [1.29, 1.82) is 0 Å². The van der Waals surface area contributed by atoms with Gasteiger partial charge in [0.1, 0.15) is 12.2 Å². The van der Waals surface area contributed by atoms with Crippen LogP contribution in [0.4, 0.5) is 4.79 Å². The molecular formula is C25H29NO5. The van der Waals surface area contributed by atoms with Crippen molar-refractivity contribution in [2.75, 3.05) is 13.2 Å². The number of amides is 1. The number of nitrogens with zero attached hydrogens (tertiary/aromatic N) is 1. The van der Waals surface area contributed by atoms with Crippen LogP contribution in [0.2, 0.25) is 0 Å². The second-order valence-corrected chi connectivity index (χ2v) is 7.26. The number of carbonyl (C=O) groups excluding carboxylic acids is 2. The lowest BCUT2D eigenvalue weighted by atomic mass is 10.00. The van der Waals surface area contributed by atoms with Gasteiger partial charge in [0.05, 0.1) is 25.9 Å². The van der Waals surface area contributed by atoms with Gasteiger partial charge in [0.15, 0.2) is 6.29 Å². The van der Waals surface area contributed by atoms with Crippen molar-refractivity contribution < 1.29 is 23.8 Å². The van der Waals surface area contributed by atoms with Gasteiger partial charge in [0.2, 0.25) is 0 Å². The molecule has 3 atom stereocenters. The van der Waals surface area contributed by atoms with E-state index in [1.165, 1.54) is 0 Å². The maximum Gasteiger partial charge on any atom is 0.410 e. The van der Waals surface area contributed by atoms with E-state index in [1.807, 2.05) is 72.8 Å². The summed E-state index contributed by atoms with van der Waals surface area (Å²) in [5.74, 6) is 0. The summed E-state index contributed by atoms with van der Waals surface area (Å²) in [6, 6.07) is 18.9. The molecule has 6 nitrogen and oxygen atoms in total. The second kappa shape index (κ2) is 12.0. The predicted molar refractivity (Wildman–Crippen MR) is 117 cm³/mol. The monoisotopic (exact) mass is 423 g/mol. The number of rotatable bonds is 10. The summed E-state index contributed by atoms with van der Waals surface area (Å²) in [7, 11) is 0. The van der Waals surface area contributed by atoms with Gasteiger partial charge in [0.25, 0.3) is 0 Å². The molecule has 2 aromatic rings. The molecule has 6 heteroatoms. The van der Waals surface area contributed by atoms with Crippen molar-refractivity contribution in [3.05, 3.63) is 83.9 Å². The Morgan fingerprint density at radius 3 is 2.23 bits per heavy atom. The quantitative estimate of drug-likeness (QED) is 0.424. The van der Waals surface area contributed by atoms with E-state index in [1.54, 1.807) is 11.8 Å². The van der Waals surface area contributed by atoms with Gasteiger partial charge in [-0.25, -0.2) is 4.79 Å². The lowest BCUT2D eigenvalue weighted by molar-refractivity contribution is -0.139. The maximum absolute atomic E-state index is 12.6. The maximum atomic E-state index is 12.6. The van der Waals surface area contributed by atoms with Crippen LogP contribution in [0.25, 0.3) is 0 Å². The minimum absolute atomic E-state index is 0.269. The third-order valence-corrected chi connectivity index (χ3v) is 5.10. The standard InChI is InChI=1S/C25H29NO5/c1-2-29-25(28)26-16-10-9-15-22(26)24(31-19-21-13-7-4-8-14-21)23(17-27)30-18-20-11-5-3-6-12-20/h3-9,11-15,17,22-24H,2,10,16,18-19H2,1H3/t22-,23-,24-/m0/s1. The van der Waals surface area contributed by atoms with Crippen LogP contribution in [0, 0.1) is 0 Å². The summed E-state index contributed by atoms with van der Waals surface area (Å²) in [6.45, 7) is 3.11. The zero-order valence-electron chi connectivity index (χ0n) is 17.8. The molecule has 0 bridgehead atoms. The van der Waals surface area contributed by atoms with Crippen LogP contribution in [-0.2, 0) is 32.2 Å². The van der Waals surface area contributed by atoms with Crippen LogP contribution in [0.15, 0.2) is 72.8 Å². The number of benzene rings is 2. The summed E-state index contributed by atoms with van der Waals surface area (Å²) in [5.41, 5.74) is 1.93. The van der Waals surface area contributed by atoms with E-state index < -0.39 is 24.3 Å². The third-order valence-electron chi connectivity index (χ3n) is 5.10. The van der Waals surface area contributed by atoms with Gasteiger partial charge in [0, 0.05) is 6.54 Å². The highest BCUT2D eigenvalue weighted by molar-refractivity contribution is 5.69. The summed E-state index contributed by atoms with van der Waals surface area (Å²) in [4.78, 5) is 26.2. The number of hydrogen-bond donors (Lipinski definition) is 0. The van der Waals surface area contributed by atoms with Gasteiger partial charge in [-0.2, -0.15) is 0 Å². The minimum atomic E-state index is -0.853. The first-order valence-corrected chi connectivity index (χ1v) is 10.6. The van der Waals surface area contributed by atoms with Crippen molar-refractivity contribution in [1.82, 2.24) is 4.90 Å². The minimum Gasteiger partial charge on any atom is -0.450 e. The summed E-state index contributed by atoms with van der Waals surface area (Å²) >= 11 is 0. The van der Waals surface area contributed by atoms with Crippen molar-refractivity contribution in [2.45, 2.75) is 44.8 Å². The molecular weight excluding hydrogens is 394 g/mol. The highest BCUT2D eigenvalue weighted by Crippen LogP contribution is 2.22. The normalized spacial score (nSPS) is 17.7. The van der Waals surface area contributed by atoms with Gasteiger partial charge in [-0.05, 0) is 24.5 Å². The molecule has 0 radical (unpaired) electrons. The number of hydrogen-bond acceptors (Lipinski definition) is 5. The Balaban J connectivity index is 1.80. The van der Waals surface area contributed by atoms with E-state index in [2.05, 4.69) is 0 Å². The number of aldehydes is 1. The van der Waals surface area contributed by atoms with E-state index in [4.69, 9.17) is 14.2 Å².